The molecule has 0 unspecified atom stereocenters. The molecule has 8 heavy (non-hydrogen) atoms. The maximum Gasteiger partial charge on any atom is 0.309 e. The van der Waals surface area contributed by atoms with Crippen molar-refractivity contribution >= 4 is 11.8 Å². The predicted octanol–water partition coefficient (Wildman–Crippen LogP) is -0.381. The molecule has 0 aromatic rings. The quantitative estimate of drug-likeness (QED) is 0.454. The Kier molecular flexibility index (Phi) is 7.45. The molecule has 0 aliphatic carbocycles. The van der Waals surface area contributed by atoms with E-state index in [2.05, 4.69) is 11.5 Å². The Labute approximate surface area is 47.8 Å². The van der Waals surface area contributed by atoms with Gasteiger partial charge in [-0.25, -0.2) is 4.79 Å². The van der Waals surface area contributed by atoms with Crippen molar-refractivity contribution in [3.63, 3.8) is 0 Å². The van der Waals surface area contributed by atoms with Crippen LogP contribution in [0.15, 0.2) is 0 Å². The minimum absolute atomic E-state index is 0.167. The number of hydrogen-bond acceptors (Lipinski definition) is 2. The van der Waals surface area contributed by atoms with Crippen LogP contribution in [0.5, 0.6) is 0 Å². The highest BCUT2D eigenvalue weighted by Gasteiger charge is 1.62. The lowest BCUT2D eigenvalue weighted by Crippen LogP contribution is -2.18. The Hall–Kier alpha value is -1.06. The molecule has 0 aliphatic heterocycles. The highest BCUT2D eigenvalue weighted by Crippen LogP contribution is 1.50. The third-order valence-electron chi connectivity index (χ3n) is 0. The molecule has 4 heteroatoms. The summed E-state index contributed by atoms with van der Waals surface area (Å²) < 4.78 is 0. The second-order valence-electron chi connectivity index (χ2n) is 1.31. The molecule has 4 nitrogen and oxygen atoms in total. The van der Waals surface area contributed by atoms with Crippen LogP contribution in [0.1, 0.15) is 13.8 Å². The second kappa shape index (κ2) is 5.94. The first-order valence-corrected chi connectivity index (χ1v) is 1.99. The van der Waals surface area contributed by atoms with Crippen LogP contribution >= 0.6 is 0 Å². The SMILES string of the molecule is CC(C)=O.NC(N)=O. The standard InChI is InChI=1S/C3H6O.CH4N2O/c1-3(2)4;2-1(3)4/h1-2H3;(H4,2,3,4). The van der Waals surface area contributed by atoms with Gasteiger partial charge in [0.05, 0.1) is 0 Å². The average Bonchev–Trinajstić information content (AvgIpc) is 1.25. The number of ketones is 1. The van der Waals surface area contributed by atoms with Crippen LogP contribution in [0.3, 0.4) is 0 Å². The number of Topliss-reactive ketones (excluding diaryl/α,β-unsaturated/α-hetero) is 1. The average molecular weight is 118 g/mol. The number of primary amides is 2. The molecule has 0 spiro atoms. The van der Waals surface area contributed by atoms with Gasteiger partial charge < -0.3 is 16.3 Å². The number of carbonyl (C=O) groups is 2. The van der Waals surface area contributed by atoms with Crippen LogP contribution in [-0.2, 0) is 4.79 Å². The van der Waals surface area contributed by atoms with Crippen LogP contribution in [-0.4, -0.2) is 11.8 Å². The first-order valence-electron chi connectivity index (χ1n) is 1.99. The Morgan fingerprint density at radius 3 is 1.12 bits per heavy atom. The number of hydrogen-bond donors (Lipinski definition) is 2. The minimum atomic E-state index is -0.833. The van der Waals surface area contributed by atoms with Gasteiger partial charge in [-0.2, -0.15) is 0 Å². The van der Waals surface area contributed by atoms with Crippen molar-refractivity contribution in [2.24, 2.45) is 11.5 Å². The third kappa shape index (κ3) is 68.3. The highest BCUT2D eigenvalue weighted by molar-refractivity contribution is 5.72. The van der Waals surface area contributed by atoms with Gasteiger partial charge in [0.25, 0.3) is 0 Å². The normalized spacial score (nSPS) is 6.25. The summed E-state index contributed by atoms with van der Waals surface area (Å²) >= 11 is 0. The molecule has 0 fully saturated rings. The van der Waals surface area contributed by atoms with Gasteiger partial charge in [-0.3, -0.25) is 0 Å². The van der Waals surface area contributed by atoms with E-state index in [0.717, 1.165) is 0 Å². The Morgan fingerprint density at radius 2 is 1.12 bits per heavy atom. The molecular formula is C4H10N2O2. The Morgan fingerprint density at radius 1 is 1.12 bits per heavy atom. The number of amides is 2. The summed E-state index contributed by atoms with van der Waals surface area (Å²) in [6, 6.07) is -0.833. The molecule has 0 saturated carbocycles. The largest absolute Gasteiger partial charge is 0.352 e. The van der Waals surface area contributed by atoms with Crippen molar-refractivity contribution in [1.29, 1.82) is 0 Å². The summed E-state index contributed by atoms with van der Waals surface area (Å²) in [6.07, 6.45) is 0. The fourth-order valence-corrected chi connectivity index (χ4v) is 0. The van der Waals surface area contributed by atoms with Gasteiger partial charge in [-0.15, -0.1) is 0 Å². The maximum atomic E-state index is 9.44. The number of carbonyl (C=O) groups excluding carboxylic acids is 2. The van der Waals surface area contributed by atoms with Gasteiger partial charge in [-0.1, -0.05) is 0 Å². The van der Waals surface area contributed by atoms with Crippen LogP contribution in [0.25, 0.3) is 0 Å². The molecule has 0 aliphatic rings. The van der Waals surface area contributed by atoms with Crippen molar-refractivity contribution in [1.82, 2.24) is 0 Å². The molecule has 2 amide bonds. The number of rotatable bonds is 0. The number of urea groups is 1. The van der Waals surface area contributed by atoms with Crippen LogP contribution in [0.2, 0.25) is 0 Å². The van der Waals surface area contributed by atoms with Crippen LogP contribution in [0, 0.1) is 0 Å². The highest BCUT2D eigenvalue weighted by atomic mass is 16.2. The third-order valence-corrected chi connectivity index (χ3v) is 0. The molecular weight excluding hydrogens is 108 g/mol. The Balaban J connectivity index is 0. The van der Waals surface area contributed by atoms with E-state index < -0.39 is 6.03 Å². The van der Waals surface area contributed by atoms with Crippen molar-refractivity contribution in [3.05, 3.63) is 0 Å². The van der Waals surface area contributed by atoms with Crippen molar-refractivity contribution < 1.29 is 9.59 Å². The Bertz CT molecular complexity index is 70.0. The lowest BCUT2D eigenvalue weighted by molar-refractivity contribution is -0.114. The van der Waals surface area contributed by atoms with Gasteiger partial charge in [0.15, 0.2) is 0 Å². The van der Waals surface area contributed by atoms with E-state index >= 15 is 0 Å². The first kappa shape index (κ1) is 10.0. The molecule has 0 atom stereocenters. The van der Waals surface area contributed by atoms with Crippen molar-refractivity contribution in [3.8, 4) is 0 Å². The van der Waals surface area contributed by atoms with Crippen molar-refractivity contribution in [2.45, 2.75) is 13.8 Å². The monoisotopic (exact) mass is 118 g/mol. The van der Waals surface area contributed by atoms with Crippen molar-refractivity contribution in [2.75, 3.05) is 0 Å². The van der Waals surface area contributed by atoms with Gasteiger partial charge in [0.1, 0.15) is 5.78 Å². The molecule has 4 N–H and O–H groups in total. The lowest BCUT2D eigenvalue weighted by atomic mass is 10.6. The zero-order valence-electron chi connectivity index (χ0n) is 4.97. The minimum Gasteiger partial charge on any atom is -0.352 e. The smallest absolute Gasteiger partial charge is 0.309 e. The summed E-state index contributed by atoms with van der Waals surface area (Å²) in [5.41, 5.74) is 8.50. The van der Waals surface area contributed by atoms with E-state index in [1.54, 1.807) is 0 Å². The van der Waals surface area contributed by atoms with Crippen LogP contribution in [0.4, 0.5) is 4.79 Å². The zero-order valence-corrected chi connectivity index (χ0v) is 4.97. The molecule has 0 aromatic carbocycles. The lowest BCUT2D eigenvalue weighted by Gasteiger charge is -1.62. The molecule has 0 heterocycles. The summed E-state index contributed by atoms with van der Waals surface area (Å²) in [5.74, 6) is 0.167. The van der Waals surface area contributed by atoms with Gasteiger partial charge in [0.2, 0.25) is 0 Å². The molecule has 0 bridgehead atoms. The van der Waals surface area contributed by atoms with E-state index in [0.29, 0.717) is 0 Å². The molecule has 0 saturated heterocycles. The van der Waals surface area contributed by atoms with Gasteiger partial charge >= 0.3 is 6.03 Å². The summed E-state index contributed by atoms with van der Waals surface area (Å²) in [4.78, 5) is 18.4. The molecule has 0 rings (SSSR count). The zero-order chi connectivity index (χ0) is 7.15. The van der Waals surface area contributed by atoms with Gasteiger partial charge in [-0.05, 0) is 13.8 Å². The molecule has 0 radical (unpaired) electrons. The fraction of sp³-hybridized carbons (Fsp3) is 0.500. The van der Waals surface area contributed by atoms with E-state index in [1.165, 1.54) is 13.8 Å². The molecule has 0 aromatic heterocycles. The molecule has 48 valence electrons. The van der Waals surface area contributed by atoms with Gasteiger partial charge in [0, 0.05) is 0 Å². The predicted molar refractivity (Wildman–Crippen MR) is 30.1 cm³/mol. The van der Waals surface area contributed by atoms with E-state index in [-0.39, 0.29) is 5.78 Å². The van der Waals surface area contributed by atoms with E-state index in [1.807, 2.05) is 0 Å². The second-order valence-corrected chi connectivity index (χ2v) is 1.31. The number of nitrogens with two attached hydrogens (primary N) is 2. The van der Waals surface area contributed by atoms with Crippen LogP contribution < -0.4 is 11.5 Å². The summed E-state index contributed by atoms with van der Waals surface area (Å²) in [7, 11) is 0. The summed E-state index contributed by atoms with van der Waals surface area (Å²) in [6.45, 7) is 3.06. The maximum absolute atomic E-state index is 9.44. The van der Waals surface area contributed by atoms with E-state index in [4.69, 9.17) is 4.79 Å². The summed E-state index contributed by atoms with van der Waals surface area (Å²) in [5, 5.41) is 0. The fourth-order valence-electron chi connectivity index (χ4n) is 0. The first-order chi connectivity index (χ1) is 3.46. The van der Waals surface area contributed by atoms with E-state index in [9.17, 15) is 4.79 Å². The topological polar surface area (TPSA) is 86.2 Å².